The predicted octanol–water partition coefficient (Wildman–Crippen LogP) is 2.16. The molecule has 122 valence electrons. The van der Waals surface area contributed by atoms with Crippen LogP contribution in [-0.4, -0.2) is 45.3 Å². The van der Waals surface area contributed by atoms with Gasteiger partial charge >= 0.3 is 0 Å². The van der Waals surface area contributed by atoms with Gasteiger partial charge in [0.2, 0.25) is 0 Å². The number of carbonyl (C=O) groups excluding carboxylic acids is 2. The van der Waals surface area contributed by atoms with E-state index in [9.17, 15) is 9.59 Å². The quantitative estimate of drug-likeness (QED) is 0.850. The van der Waals surface area contributed by atoms with Crippen LogP contribution in [0.25, 0.3) is 0 Å². The molecule has 6 nitrogen and oxygen atoms in total. The van der Waals surface area contributed by atoms with Crippen molar-refractivity contribution in [2.75, 3.05) is 21.3 Å². The average molecular weight is 318 g/mol. The van der Waals surface area contributed by atoms with Crippen molar-refractivity contribution in [3.05, 3.63) is 34.4 Å². The third-order valence-electron chi connectivity index (χ3n) is 4.14. The second-order valence-corrected chi connectivity index (χ2v) is 5.52. The van der Waals surface area contributed by atoms with Crippen molar-refractivity contribution >= 4 is 11.6 Å². The van der Waals surface area contributed by atoms with E-state index in [1.807, 2.05) is 6.92 Å². The number of hydrogen-bond donors (Lipinski definition) is 0. The van der Waals surface area contributed by atoms with E-state index in [1.165, 1.54) is 21.3 Å². The lowest BCUT2D eigenvalue weighted by molar-refractivity contribution is -0.133. The molecule has 0 radical (unpaired) electrons. The Morgan fingerprint density at radius 2 is 1.83 bits per heavy atom. The highest BCUT2D eigenvalue weighted by molar-refractivity contribution is 6.28. The van der Waals surface area contributed by atoms with Gasteiger partial charge in [-0.15, -0.1) is 0 Å². The molecule has 1 aliphatic carbocycles. The molecule has 6 heteroatoms. The van der Waals surface area contributed by atoms with Crippen LogP contribution in [0, 0.1) is 0 Å². The van der Waals surface area contributed by atoms with E-state index in [0.29, 0.717) is 29.1 Å². The van der Waals surface area contributed by atoms with Crippen LogP contribution in [0.3, 0.4) is 0 Å². The van der Waals surface area contributed by atoms with E-state index >= 15 is 0 Å². The summed E-state index contributed by atoms with van der Waals surface area (Å²) in [5, 5.41) is 0. The molecule has 1 aliphatic heterocycles. The molecule has 2 aliphatic rings. The van der Waals surface area contributed by atoms with Crippen molar-refractivity contribution in [3.8, 4) is 11.5 Å². The molecule has 0 amide bonds. The molecule has 23 heavy (non-hydrogen) atoms. The molecule has 1 aromatic rings. The van der Waals surface area contributed by atoms with Gasteiger partial charge in [-0.2, -0.15) is 0 Å². The van der Waals surface area contributed by atoms with E-state index in [2.05, 4.69) is 0 Å². The lowest BCUT2D eigenvalue weighted by Crippen LogP contribution is -2.38. The molecule has 0 saturated carbocycles. The van der Waals surface area contributed by atoms with Gasteiger partial charge in [-0.1, -0.05) is 0 Å². The molecule has 1 heterocycles. The SMILES string of the molecule is COc1cc(OC)c2c(c1)C(=O)C1=C(C2=O)[C@H](OC)O[C@@H](C)C1. The van der Waals surface area contributed by atoms with E-state index in [0.717, 1.165) is 0 Å². The maximum absolute atomic E-state index is 13.0. The van der Waals surface area contributed by atoms with Gasteiger partial charge in [0.15, 0.2) is 17.9 Å². The molecule has 1 aromatic carbocycles. The molecule has 0 bridgehead atoms. The second-order valence-electron chi connectivity index (χ2n) is 5.52. The third kappa shape index (κ3) is 2.34. The summed E-state index contributed by atoms with van der Waals surface area (Å²) in [5.74, 6) is 0.267. The van der Waals surface area contributed by atoms with Crippen LogP contribution in [0.15, 0.2) is 23.3 Å². The number of benzene rings is 1. The van der Waals surface area contributed by atoms with Crippen LogP contribution in [0.1, 0.15) is 34.1 Å². The number of rotatable bonds is 3. The topological polar surface area (TPSA) is 71.1 Å². The van der Waals surface area contributed by atoms with Crippen molar-refractivity contribution in [2.45, 2.75) is 25.7 Å². The van der Waals surface area contributed by atoms with Crippen LogP contribution >= 0.6 is 0 Å². The van der Waals surface area contributed by atoms with Gasteiger partial charge in [0.05, 0.1) is 31.5 Å². The summed E-state index contributed by atoms with van der Waals surface area (Å²) in [5.41, 5.74) is 1.25. The van der Waals surface area contributed by atoms with Crippen LogP contribution in [-0.2, 0) is 9.47 Å². The Kier molecular flexibility index (Phi) is 3.95. The first-order valence-corrected chi connectivity index (χ1v) is 7.28. The number of carbonyl (C=O) groups is 2. The fourth-order valence-corrected chi connectivity index (χ4v) is 3.08. The molecule has 0 unspecified atom stereocenters. The smallest absolute Gasteiger partial charge is 0.199 e. The lowest BCUT2D eigenvalue weighted by atomic mass is 9.80. The summed E-state index contributed by atoms with van der Waals surface area (Å²) in [6, 6.07) is 3.16. The minimum Gasteiger partial charge on any atom is -0.497 e. The zero-order chi connectivity index (χ0) is 16.7. The summed E-state index contributed by atoms with van der Waals surface area (Å²) in [6.45, 7) is 1.84. The highest BCUT2D eigenvalue weighted by Crippen LogP contribution is 2.40. The number of methoxy groups -OCH3 is 3. The van der Waals surface area contributed by atoms with Gasteiger partial charge in [0.25, 0.3) is 0 Å². The minimum absolute atomic E-state index is 0.204. The van der Waals surface area contributed by atoms with Crippen LogP contribution in [0.4, 0.5) is 0 Å². The monoisotopic (exact) mass is 318 g/mol. The summed E-state index contributed by atoms with van der Waals surface area (Å²) >= 11 is 0. The first kappa shape index (κ1) is 15.7. The average Bonchev–Trinajstić information content (AvgIpc) is 2.57. The molecule has 0 aromatic heterocycles. The third-order valence-corrected chi connectivity index (χ3v) is 4.14. The molecule has 2 atom stereocenters. The van der Waals surface area contributed by atoms with Gasteiger partial charge in [0.1, 0.15) is 11.5 Å². The first-order chi connectivity index (χ1) is 11.0. The molecule has 0 N–H and O–H groups in total. The largest absolute Gasteiger partial charge is 0.497 e. The van der Waals surface area contributed by atoms with Gasteiger partial charge in [-0.25, -0.2) is 0 Å². The number of Topliss-reactive ketones (excluding diaryl/α,β-unsaturated/α-hetero) is 2. The Balaban J connectivity index is 2.23. The van der Waals surface area contributed by atoms with E-state index in [1.54, 1.807) is 12.1 Å². The number of ether oxygens (including phenoxy) is 4. The van der Waals surface area contributed by atoms with Crippen LogP contribution in [0.5, 0.6) is 11.5 Å². The molecular formula is C17H18O6. The fraction of sp³-hybridized carbons (Fsp3) is 0.412. The van der Waals surface area contributed by atoms with Crippen LogP contribution < -0.4 is 9.47 Å². The maximum atomic E-state index is 13.0. The lowest BCUT2D eigenvalue weighted by Gasteiger charge is -2.33. The Hall–Kier alpha value is -2.18. The van der Waals surface area contributed by atoms with Crippen molar-refractivity contribution in [2.24, 2.45) is 0 Å². The summed E-state index contributed by atoms with van der Waals surface area (Å²) in [7, 11) is 4.40. The number of hydrogen-bond acceptors (Lipinski definition) is 6. The standard InChI is InChI=1S/C17H18O6/c1-8-5-10-14(17(22-4)23-8)16(19)13-11(15(10)18)6-9(20-2)7-12(13)21-3/h6-8,17H,5H2,1-4H3/t8-,17+/m0/s1. The normalized spacial score (nSPS) is 23.5. The highest BCUT2D eigenvalue weighted by Gasteiger charge is 2.42. The highest BCUT2D eigenvalue weighted by atomic mass is 16.7. The van der Waals surface area contributed by atoms with Gasteiger partial charge in [-0.3, -0.25) is 9.59 Å². The molecule has 3 rings (SSSR count). The van der Waals surface area contributed by atoms with Gasteiger partial charge < -0.3 is 18.9 Å². The number of ketones is 2. The summed E-state index contributed by atoms with van der Waals surface area (Å²) in [4.78, 5) is 25.9. The minimum atomic E-state index is -0.842. The van der Waals surface area contributed by atoms with Gasteiger partial charge in [-0.05, 0) is 13.0 Å². The Morgan fingerprint density at radius 1 is 1.09 bits per heavy atom. The second kappa shape index (κ2) is 5.79. The van der Waals surface area contributed by atoms with Crippen molar-refractivity contribution in [3.63, 3.8) is 0 Å². The Morgan fingerprint density at radius 3 is 2.43 bits per heavy atom. The summed E-state index contributed by atoms with van der Waals surface area (Å²) in [6.07, 6.45) is -0.673. The Labute approximate surface area is 134 Å². The fourth-order valence-electron chi connectivity index (χ4n) is 3.08. The summed E-state index contributed by atoms with van der Waals surface area (Å²) < 4.78 is 21.4. The Bertz CT molecular complexity index is 718. The van der Waals surface area contributed by atoms with Crippen molar-refractivity contribution in [1.29, 1.82) is 0 Å². The van der Waals surface area contributed by atoms with Crippen LogP contribution in [0.2, 0.25) is 0 Å². The zero-order valence-electron chi connectivity index (χ0n) is 13.5. The van der Waals surface area contributed by atoms with Crippen molar-refractivity contribution < 1.29 is 28.5 Å². The van der Waals surface area contributed by atoms with Gasteiger partial charge in [0, 0.05) is 30.7 Å². The van der Waals surface area contributed by atoms with Crippen molar-refractivity contribution in [1.82, 2.24) is 0 Å². The number of fused-ring (bicyclic) bond motifs is 1. The predicted molar refractivity (Wildman–Crippen MR) is 81.2 cm³/mol. The molecule has 0 spiro atoms. The zero-order valence-corrected chi connectivity index (χ0v) is 13.5. The molecule has 0 saturated heterocycles. The molecular weight excluding hydrogens is 300 g/mol. The maximum Gasteiger partial charge on any atom is 0.199 e. The van der Waals surface area contributed by atoms with E-state index in [-0.39, 0.29) is 28.8 Å². The molecule has 0 fully saturated rings. The van der Waals surface area contributed by atoms with E-state index < -0.39 is 6.29 Å². The van der Waals surface area contributed by atoms with E-state index in [4.69, 9.17) is 18.9 Å². The first-order valence-electron chi connectivity index (χ1n) is 7.28.